The Hall–Kier alpha value is -1.71. The third-order valence-electron chi connectivity index (χ3n) is 3.08. The fourth-order valence-electron chi connectivity index (χ4n) is 2.13. The number of anilines is 1. The number of hydrogen-bond acceptors (Lipinski definition) is 2. The Labute approximate surface area is 102 Å². The molecular formula is C13H19N3O. The van der Waals surface area contributed by atoms with E-state index in [1.54, 1.807) is 0 Å². The molecule has 0 bridgehead atoms. The number of carbonyl (C=O) groups excluding carboxylic acids is 1. The third kappa shape index (κ3) is 2.52. The summed E-state index contributed by atoms with van der Waals surface area (Å²) in [6, 6.07) is 8.28. The Bertz CT molecular complexity index is 405. The van der Waals surface area contributed by atoms with Crippen molar-refractivity contribution in [2.75, 3.05) is 31.6 Å². The first-order valence-corrected chi connectivity index (χ1v) is 6.04. The Morgan fingerprint density at radius 1 is 1.35 bits per heavy atom. The van der Waals surface area contributed by atoms with E-state index in [1.807, 2.05) is 24.0 Å². The van der Waals surface area contributed by atoms with Crippen molar-refractivity contribution >= 4 is 11.7 Å². The summed E-state index contributed by atoms with van der Waals surface area (Å²) in [4.78, 5) is 15.9. The number of hydrogen-bond donors (Lipinski definition) is 1. The molecule has 2 amide bonds. The number of amides is 2. The first-order valence-electron chi connectivity index (χ1n) is 6.04. The van der Waals surface area contributed by atoms with Crippen LogP contribution in [0.3, 0.4) is 0 Å². The largest absolute Gasteiger partial charge is 0.373 e. The number of urea groups is 1. The Morgan fingerprint density at radius 3 is 2.88 bits per heavy atom. The molecule has 0 atom stereocenters. The molecule has 4 heteroatoms. The number of para-hydroxylation sites is 1. The number of nitrogens with one attached hydrogen (secondary N) is 1. The standard InChI is InChI=1S/C13H19N3O/c1-3-14-13(17)16-9-8-15(2)12-7-5-4-6-11(12)10-16/h4-7H,3,8-10H2,1-2H3,(H,14,17). The molecule has 0 fully saturated rings. The zero-order chi connectivity index (χ0) is 12.3. The Balaban J connectivity index is 2.20. The summed E-state index contributed by atoms with van der Waals surface area (Å²) in [5, 5.41) is 2.86. The highest BCUT2D eigenvalue weighted by atomic mass is 16.2. The van der Waals surface area contributed by atoms with Crippen LogP contribution in [-0.2, 0) is 6.54 Å². The van der Waals surface area contributed by atoms with Gasteiger partial charge in [0.25, 0.3) is 0 Å². The van der Waals surface area contributed by atoms with Crippen LogP contribution in [-0.4, -0.2) is 37.6 Å². The van der Waals surface area contributed by atoms with Gasteiger partial charge in [0.15, 0.2) is 0 Å². The van der Waals surface area contributed by atoms with E-state index < -0.39 is 0 Å². The number of likely N-dealkylation sites (N-methyl/N-ethyl adjacent to an activating group) is 1. The smallest absolute Gasteiger partial charge is 0.317 e. The topological polar surface area (TPSA) is 35.6 Å². The van der Waals surface area contributed by atoms with E-state index in [-0.39, 0.29) is 6.03 Å². The van der Waals surface area contributed by atoms with Crippen molar-refractivity contribution in [2.24, 2.45) is 0 Å². The van der Waals surface area contributed by atoms with Crippen molar-refractivity contribution in [3.63, 3.8) is 0 Å². The molecule has 92 valence electrons. The lowest BCUT2D eigenvalue weighted by Gasteiger charge is -2.21. The van der Waals surface area contributed by atoms with E-state index >= 15 is 0 Å². The summed E-state index contributed by atoms with van der Waals surface area (Å²) < 4.78 is 0. The quantitative estimate of drug-likeness (QED) is 0.801. The molecule has 1 aliphatic rings. The molecule has 0 radical (unpaired) electrons. The van der Waals surface area contributed by atoms with Crippen molar-refractivity contribution in [1.29, 1.82) is 0 Å². The average Bonchev–Trinajstić information content (AvgIpc) is 2.50. The van der Waals surface area contributed by atoms with E-state index in [1.165, 1.54) is 11.3 Å². The minimum Gasteiger partial charge on any atom is -0.373 e. The molecule has 1 heterocycles. The van der Waals surface area contributed by atoms with Crippen LogP contribution in [0.2, 0.25) is 0 Å². The molecule has 4 nitrogen and oxygen atoms in total. The Morgan fingerprint density at radius 2 is 2.12 bits per heavy atom. The minimum atomic E-state index is 0.0256. The maximum Gasteiger partial charge on any atom is 0.317 e. The number of carbonyl (C=O) groups is 1. The number of rotatable bonds is 1. The molecule has 0 spiro atoms. The van der Waals surface area contributed by atoms with Gasteiger partial charge in [-0.3, -0.25) is 0 Å². The van der Waals surface area contributed by atoms with Gasteiger partial charge in [0.1, 0.15) is 0 Å². The van der Waals surface area contributed by atoms with Crippen LogP contribution in [0.25, 0.3) is 0 Å². The summed E-state index contributed by atoms with van der Waals surface area (Å²) in [7, 11) is 2.07. The average molecular weight is 233 g/mol. The normalized spacial score (nSPS) is 15.2. The summed E-state index contributed by atoms with van der Waals surface area (Å²) in [6.07, 6.45) is 0. The lowest BCUT2D eigenvalue weighted by atomic mass is 10.1. The number of fused-ring (bicyclic) bond motifs is 1. The molecule has 0 unspecified atom stereocenters. The predicted octanol–water partition coefficient (Wildman–Crippen LogP) is 1.67. The van der Waals surface area contributed by atoms with Crippen molar-refractivity contribution in [3.8, 4) is 0 Å². The highest BCUT2D eigenvalue weighted by Crippen LogP contribution is 2.23. The minimum absolute atomic E-state index is 0.0256. The molecule has 0 saturated carbocycles. The van der Waals surface area contributed by atoms with Crippen molar-refractivity contribution in [1.82, 2.24) is 10.2 Å². The molecule has 0 aliphatic carbocycles. The zero-order valence-corrected chi connectivity index (χ0v) is 10.4. The Kier molecular flexibility index (Phi) is 3.52. The van der Waals surface area contributed by atoms with Gasteiger partial charge in [-0.25, -0.2) is 4.79 Å². The maximum absolute atomic E-state index is 11.9. The van der Waals surface area contributed by atoms with Crippen LogP contribution < -0.4 is 10.2 Å². The fraction of sp³-hybridized carbons (Fsp3) is 0.462. The number of benzene rings is 1. The molecule has 1 N–H and O–H groups in total. The van der Waals surface area contributed by atoms with Gasteiger partial charge in [-0.05, 0) is 18.6 Å². The van der Waals surface area contributed by atoms with Gasteiger partial charge in [-0.15, -0.1) is 0 Å². The van der Waals surface area contributed by atoms with Gasteiger partial charge < -0.3 is 15.1 Å². The molecule has 1 aromatic carbocycles. The van der Waals surface area contributed by atoms with Crippen molar-refractivity contribution in [3.05, 3.63) is 29.8 Å². The lowest BCUT2D eigenvalue weighted by Crippen LogP contribution is -2.41. The monoisotopic (exact) mass is 233 g/mol. The molecule has 0 aromatic heterocycles. The summed E-state index contributed by atoms with van der Waals surface area (Å²) in [5.74, 6) is 0. The summed E-state index contributed by atoms with van der Waals surface area (Å²) in [6.45, 7) is 4.93. The second kappa shape index (κ2) is 5.08. The lowest BCUT2D eigenvalue weighted by molar-refractivity contribution is 0.198. The van der Waals surface area contributed by atoms with E-state index in [0.717, 1.165) is 13.1 Å². The fourth-order valence-corrected chi connectivity index (χ4v) is 2.13. The van der Waals surface area contributed by atoms with Crippen LogP contribution in [0.5, 0.6) is 0 Å². The first-order chi connectivity index (χ1) is 8.22. The molecule has 1 aromatic rings. The summed E-state index contributed by atoms with van der Waals surface area (Å²) >= 11 is 0. The van der Waals surface area contributed by atoms with Gasteiger partial charge >= 0.3 is 6.03 Å². The van der Waals surface area contributed by atoms with Gasteiger partial charge in [0.05, 0.1) is 0 Å². The molecule has 17 heavy (non-hydrogen) atoms. The predicted molar refractivity (Wildman–Crippen MR) is 69.2 cm³/mol. The second-order valence-electron chi connectivity index (χ2n) is 4.31. The van der Waals surface area contributed by atoms with Gasteiger partial charge in [-0.1, -0.05) is 18.2 Å². The molecule has 0 saturated heterocycles. The molecular weight excluding hydrogens is 214 g/mol. The summed E-state index contributed by atoms with van der Waals surface area (Å²) in [5.41, 5.74) is 2.43. The van der Waals surface area contributed by atoms with Crippen LogP contribution in [0.15, 0.2) is 24.3 Å². The van der Waals surface area contributed by atoms with E-state index in [2.05, 4.69) is 29.4 Å². The van der Waals surface area contributed by atoms with Crippen LogP contribution in [0.4, 0.5) is 10.5 Å². The highest BCUT2D eigenvalue weighted by molar-refractivity contribution is 5.74. The third-order valence-corrected chi connectivity index (χ3v) is 3.08. The van der Waals surface area contributed by atoms with E-state index in [9.17, 15) is 4.79 Å². The highest BCUT2D eigenvalue weighted by Gasteiger charge is 2.20. The van der Waals surface area contributed by atoms with E-state index in [4.69, 9.17) is 0 Å². The van der Waals surface area contributed by atoms with E-state index in [0.29, 0.717) is 13.1 Å². The van der Waals surface area contributed by atoms with Gasteiger partial charge in [0.2, 0.25) is 0 Å². The van der Waals surface area contributed by atoms with Crippen molar-refractivity contribution in [2.45, 2.75) is 13.5 Å². The molecule has 1 aliphatic heterocycles. The second-order valence-corrected chi connectivity index (χ2v) is 4.31. The molecule has 2 rings (SSSR count). The number of nitrogens with zero attached hydrogens (tertiary/aromatic N) is 2. The van der Waals surface area contributed by atoms with Gasteiger partial charge in [-0.2, -0.15) is 0 Å². The zero-order valence-electron chi connectivity index (χ0n) is 10.4. The maximum atomic E-state index is 11.9. The van der Waals surface area contributed by atoms with Gasteiger partial charge in [0, 0.05) is 38.9 Å². The van der Waals surface area contributed by atoms with Crippen LogP contribution in [0.1, 0.15) is 12.5 Å². The first kappa shape index (κ1) is 11.8. The van der Waals surface area contributed by atoms with Crippen LogP contribution in [0, 0.1) is 0 Å². The SMILES string of the molecule is CCNC(=O)N1CCN(C)c2ccccc2C1. The van der Waals surface area contributed by atoms with Crippen LogP contribution >= 0.6 is 0 Å². The van der Waals surface area contributed by atoms with Crippen molar-refractivity contribution < 1.29 is 4.79 Å².